The SMILES string of the molecule is Cc1ccc(C(=O)c2ccc(-c3ccc(C(=O)c4ccc(C)cc4)cc3F)cc2)cc1. The lowest BCUT2D eigenvalue weighted by Crippen LogP contribution is -2.03. The largest absolute Gasteiger partial charge is 0.289 e. The Hall–Kier alpha value is -3.85. The third-order valence-corrected chi connectivity index (χ3v) is 5.32. The lowest BCUT2D eigenvalue weighted by atomic mass is 9.96. The van der Waals surface area contributed by atoms with Crippen molar-refractivity contribution in [2.24, 2.45) is 0 Å². The van der Waals surface area contributed by atoms with Crippen LogP contribution in [0.2, 0.25) is 0 Å². The van der Waals surface area contributed by atoms with Crippen LogP contribution in [0.4, 0.5) is 4.39 Å². The van der Waals surface area contributed by atoms with Crippen molar-refractivity contribution in [2.45, 2.75) is 13.8 Å². The van der Waals surface area contributed by atoms with Gasteiger partial charge < -0.3 is 0 Å². The molecule has 0 aromatic heterocycles. The number of hydrogen-bond acceptors (Lipinski definition) is 2. The Labute approximate surface area is 181 Å². The fourth-order valence-corrected chi connectivity index (χ4v) is 3.43. The van der Waals surface area contributed by atoms with E-state index in [0.717, 1.165) is 11.1 Å². The number of ketones is 2. The van der Waals surface area contributed by atoms with Crippen LogP contribution in [-0.2, 0) is 0 Å². The first-order valence-corrected chi connectivity index (χ1v) is 10.0. The number of aryl methyl sites for hydroxylation is 2. The second-order valence-electron chi connectivity index (χ2n) is 7.66. The molecule has 0 atom stereocenters. The van der Waals surface area contributed by atoms with Crippen molar-refractivity contribution in [3.63, 3.8) is 0 Å². The van der Waals surface area contributed by atoms with Crippen molar-refractivity contribution in [3.8, 4) is 11.1 Å². The molecule has 0 saturated carbocycles. The summed E-state index contributed by atoms with van der Waals surface area (Å²) in [6, 6.07) is 25.9. The van der Waals surface area contributed by atoms with Crippen molar-refractivity contribution >= 4 is 11.6 Å². The van der Waals surface area contributed by atoms with E-state index in [1.54, 1.807) is 60.7 Å². The molecule has 4 aromatic rings. The first-order chi connectivity index (χ1) is 14.9. The molecule has 0 aliphatic heterocycles. The van der Waals surface area contributed by atoms with Crippen LogP contribution in [0.1, 0.15) is 43.0 Å². The Kier molecular flexibility index (Phi) is 5.59. The van der Waals surface area contributed by atoms with Crippen LogP contribution < -0.4 is 0 Å². The molecule has 0 aliphatic carbocycles. The average molecular weight is 408 g/mol. The predicted molar refractivity (Wildman–Crippen MR) is 121 cm³/mol. The number of hydrogen-bond donors (Lipinski definition) is 0. The van der Waals surface area contributed by atoms with E-state index in [2.05, 4.69) is 0 Å². The van der Waals surface area contributed by atoms with E-state index in [9.17, 15) is 14.0 Å². The third-order valence-electron chi connectivity index (χ3n) is 5.32. The van der Waals surface area contributed by atoms with E-state index in [4.69, 9.17) is 0 Å². The molecule has 152 valence electrons. The van der Waals surface area contributed by atoms with Crippen LogP contribution in [0.5, 0.6) is 0 Å². The zero-order valence-corrected chi connectivity index (χ0v) is 17.4. The van der Waals surface area contributed by atoms with Crippen LogP contribution in [0, 0.1) is 19.7 Å². The lowest BCUT2D eigenvalue weighted by Gasteiger charge is -2.08. The van der Waals surface area contributed by atoms with Crippen LogP contribution in [0.3, 0.4) is 0 Å². The summed E-state index contributed by atoms with van der Waals surface area (Å²) in [5.74, 6) is -0.772. The van der Waals surface area contributed by atoms with Crippen LogP contribution >= 0.6 is 0 Å². The normalized spacial score (nSPS) is 10.7. The van der Waals surface area contributed by atoms with Gasteiger partial charge in [-0.15, -0.1) is 0 Å². The van der Waals surface area contributed by atoms with Gasteiger partial charge in [0.05, 0.1) is 0 Å². The molecule has 2 nitrogen and oxygen atoms in total. The zero-order chi connectivity index (χ0) is 22.0. The second kappa shape index (κ2) is 8.49. The molecular weight excluding hydrogens is 387 g/mol. The van der Waals surface area contributed by atoms with Crippen molar-refractivity contribution in [1.29, 1.82) is 0 Å². The van der Waals surface area contributed by atoms with Gasteiger partial charge in [0.2, 0.25) is 0 Å². The van der Waals surface area contributed by atoms with E-state index >= 15 is 0 Å². The van der Waals surface area contributed by atoms with Gasteiger partial charge in [-0.1, -0.05) is 96.1 Å². The standard InChI is InChI=1S/C28H21FO2/c1-18-3-7-21(8-4-18)27(30)23-13-11-20(12-14-23)25-16-15-24(17-26(25)29)28(31)22-9-5-19(2)6-10-22/h3-17H,1-2H3. The Bertz CT molecular complexity index is 1250. The highest BCUT2D eigenvalue weighted by Gasteiger charge is 2.14. The third kappa shape index (κ3) is 4.36. The molecule has 0 saturated heterocycles. The molecule has 0 bridgehead atoms. The minimum Gasteiger partial charge on any atom is -0.289 e. The highest BCUT2D eigenvalue weighted by atomic mass is 19.1. The molecule has 0 fully saturated rings. The Morgan fingerprint density at radius 3 is 1.39 bits per heavy atom. The number of rotatable bonds is 5. The molecule has 4 aromatic carbocycles. The number of benzene rings is 4. The van der Waals surface area contributed by atoms with Gasteiger partial charge in [-0.05, 0) is 25.5 Å². The fraction of sp³-hybridized carbons (Fsp3) is 0.0714. The quantitative estimate of drug-likeness (QED) is 0.350. The van der Waals surface area contributed by atoms with Gasteiger partial charge in [0, 0.05) is 27.8 Å². The molecule has 4 rings (SSSR count). The first-order valence-electron chi connectivity index (χ1n) is 10.0. The van der Waals surface area contributed by atoms with Crippen LogP contribution in [-0.4, -0.2) is 11.6 Å². The average Bonchev–Trinajstić information content (AvgIpc) is 2.79. The summed E-state index contributed by atoms with van der Waals surface area (Å²) in [6.07, 6.45) is 0. The van der Waals surface area contributed by atoms with Crippen molar-refractivity contribution in [1.82, 2.24) is 0 Å². The van der Waals surface area contributed by atoms with Crippen molar-refractivity contribution < 1.29 is 14.0 Å². The number of halogens is 1. The molecule has 0 amide bonds. The van der Waals surface area contributed by atoms with Gasteiger partial charge in [-0.2, -0.15) is 0 Å². The van der Waals surface area contributed by atoms with Gasteiger partial charge in [-0.25, -0.2) is 4.39 Å². The fourth-order valence-electron chi connectivity index (χ4n) is 3.43. The predicted octanol–water partition coefficient (Wildman–Crippen LogP) is 6.57. The summed E-state index contributed by atoms with van der Waals surface area (Å²) in [5, 5.41) is 0. The maximum absolute atomic E-state index is 14.8. The highest BCUT2D eigenvalue weighted by Crippen LogP contribution is 2.26. The van der Waals surface area contributed by atoms with Gasteiger partial charge in [0.1, 0.15) is 5.82 Å². The molecule has 3 heteroatoms. The Morgan fingerprint density at radius 2 is 0.935 bits per heavy atom. The highest BCUT2D eigenvalue weighted by molar-refractivity contribution is 6.10. The molecule has 0 spiro atoms. The molecule has 0 heterocycles. The topological polar surface area (TPSA) is 34.1 Å². The first kappa shape index (κ1) is 20.4. The van der Waals surface area contributed by atoms with Gasteiger partial charge in [0.25, 0.3) is 0 Å². The Balaban J connectivity index is 1.57. The number of carbonyl (C=O) groups excluding carboxylic acids is 2. The summed E-state index contributed by atoms with van der Waals surface area (Å²) in [7, 11) is 0. The summed E-state index contributed by atoms with van der Waals surface area (Å²) in [4.78, 5) is 25.3. The van der Waals surface area contributed by atoms with Crippen molar-refractivity contribution in [2.75, 3.05) is 0 Å². The smallest absolute Gasteiger partial charge is 0.193 e. The van der Waals surface area contributed by atoms with E-state index in [1.807, 2.05) is 38.1 Å². The zero-order valence-electron chi connectivity index (χ0n) is 17.4. The number of carbonyl (C=O) groups is 2. The molecule has 0 aliphatic rings. The summed E-state index contributed by atoms with van der Waals surface area (Å²) in [5.41, 5.74) is 5.16. The second-order valence-corrected chi connectivity index (χ2v) is 7.66. The van der Waals surface area contributed by atoms with Gasteiger partial charge >= 0.3 is 0 Å². The monoisotopic (exact) mass is 408 g/mol. The maximum atomic E-state index is 14.8. The minimum atomic E-state index is -0.476. The van der Waals surface area contributed by atoms with Crippen molar-refractivity contribution in [3.05, 3.63) is 130 Å². The molecule has 0 unspecified atom stereocenters. The Morgan fingerprint density at radius 1 is 0.548 bits per heavy atom. The van der Waals surface area contributed by atoms with E-state index in [0.29, 0.717) is 33.4 Å². The maximum Gasteiger partial charge on any atom is 0.193 e. The van der Waals surface area contributed by atoms with Crippen LogP contribution in [0.25, 0.3) is 11.1 Å². The summed E-state index contributed by atoms with van der Waals surface area (Å²) in [6.45, 7) is 3.92. The summed E-state index contributed by atoms with van der Waals surface area (Å²) >= 11 is 0. The molecule has 0 radical (unpaired) electrons. The molecule has 31 heavy (non-hydrogen) atoms. The summed E-state index contributed by atoms with van der Waals surface area (Å²) < 4.78 is 14.8. The van der Waals surface area contributed by atoms with E-state index in [-0.39, 0.29) is 11.6 Å². The molecule has 0 N–H and O–H groups in total. The van der Waals surface area contributed by atoms with Gasteiger partial charge in [-0.3, -0.25) is 9.59 Å². The minimum absolute atomic E-state index is 0.0777. The van der Waals surface area contributed by atoms with Gasteiger partial charge in [0.15, 0.2) is 11.6 Å². The van der Waals surface area contributed by atoms with E-state index in [1.165, 1.54) is 6.07 Å². The van der Waals surface area contributed by atoms with Crippen LogP contribution in [0.15, 0.2) is 91.0 Å². The van der Waals surface area contributed by atoms with E-state index < -0.39 is 5.82 Å². The molecular formula is C28H21FO2. The lowest BCUT2D eigenvalue weighted by molar-refractivity contribution is 0.103.